The molecule has 0 saturated heterocycles. The molecule has 0 amide bonds. The average Bonchev–Trinajstić information content (AvgIpc) is 2.47. The van der Waals surface area contributed by atoms with Crippen LogP contribution in [-0.2, 0) is 11.3 Å². The van der Waals surface area contributed by atoms with Crippen molar-refractivity contribution in [3.05, 3.63) is 62.3 Å². The highest BCUT2D eigenvalue weighted by atomic mass is 79.9. The lowest BCUT2D eigenvalue weighted by Crippen LogP contribution is -2.06. The van der Waals surface area contributed by atoms with E-state index in [-0.39, 0.29) is 5.56 Å². The number of rotatable bonds is 4. The quantitative estimate of drug-likeness (QED) is 0.731. The summed E-state index contributed by atoms with van der Waals surface area (Å²) in [6, 6.07) is 10.2. The highest BCUT2D eigenvalue weighted by Gasteiger charge is 2.12. The van der Waals surface area contributed by atoms with Crippen molar-refractivity contribution >= 4 is 43.5 Å². The number of ether oxygens (including phenoxy) is 1. The standard InChI is InChI=1S/C15H12Br2FNO2/c1-21-15(20)11-4-2-9(6-13(11)18)8-19-14-7-10(16)3-5-12(14)17/h2-7,19H,8H2,1H3. The Morgan fingerprint density at radius 3 is 2.67 bits per heavy atom. The van der Waals surface area contributed by atoms with Gasteiger partial charge in [-0.15, -0.1) is 0 Å². The maximum atomic E-state index is 13.8. The number of esters is 1. The van der Waals surface area contributed by atoms with Crippen molar-refractivity contribution < 1.29 is 13.9 Å². The Morgan fingerprint density at radius 1 is 1.24 bits per heavy atom. The van der Waals surface area contributed by atoms with E-state index < -0.39 is 11.8 Å². The van der Waals surface area contributed by atoms with Crippen molar-refractivity contribution in [1.29, 1.82) is 0 Å². The minimum atomic E-state index is -0.679. The van der Waals surface area contributed by atoms with E-state index in [9.17, 15) is 9.18 Å². The van der Waals surface area contributed by atoms with Crippen molar-refractivity contribution in [3.8, 4) is 0 Å². The predicted molar refractivity (Wildman–Crippen MR) is 86.9 cm³/mol. The zero-order chi connectivity index (χ0) is 15.4. The summed E-state index contributed by atoms with van der Waals surface area (Å²) >= 11 is 6.84. The van der Waals surface area contributed by atoms with Crippen molar-refractivity contribution in [1.82, 2.24) is 0 Å². The zero-order valence-electron chi connectivity index (χ0n) is 11.1. The molecule has 6 heteroatoms. The molecule has 0 aliphatic rings. The molecule has 0 atom stereocenters. The van der Waals surface area contributed by atoms with Crippen LogP contribution in [0.5, 0.6) is 0 Å². The van der Waals surface area contributed by atoms with E-state index in [4.69, 9.17) is 0 Å². The maximum Gasteiger partial charge on any atom is 0.340 e. The smallest absolute Gasteiger partial charge is 0.340 e. The van der Waals surface area contributed by atoms with Gasteiger partial charge >= 0.3 is 5.97 Å². The van der Waals surface area contributed by atoms with Crippen LogP contribution in [-0.4, -0.2) is 13.1 Å². The lowest BCUT2D eigenvalue weighted by Gasteiger charge is -2.10. The van der Waals surface area contributed by atoms with Gasteiger partial charge in [0.25, 0.3) is 0 Å². The van der Waals surface area contributed by atoms with Crippen molar-refractivity contribution in [2.24, 2.45) is 0 Å². The monoisotopic (exact) mass is 415 g/mol. The first-order valence-electron chi connectivity index (χ1n) is 6.07. The van der Waals surface area contributed by atoms with Crippen LogP contribution in [0.2, 0.25) is 0 Å². The van der Waals surface area contributed by atoms with Gasteiger partial charge in [-0.1, -0.05) is 22.0 Å². The molecule has 0 fully saturated rings. The molecule has 2 rings (SSSR count). The first-order valence-corrected chi connectivity index (χ1v) is 7.65. The van der Waals surface area contributed by atoms with Gasteiger partial charge in [0.05, 0.1) is 12.7 Å². The second-order valence-electron chi connectivity index (χ2n) is 4.28. The molecule has 0 aliphatic carbocycles. The van der Waals surface area contributed by atoms with E-state index in [1.54, 1.807) is 6.07 Å². The maximum absolute atomic E-state index is 13.8. The summed E-state index contributed by atoms with van der Waals surface area (Å²) in [7, 11) is 1.22. The number of halogens is 3. The molecule has 0 unspecified atom stereocenters. The number of hydrogen-bond acceptors (Lipinski definition) is 3. The minimum Gasteiger partial charge on any atom is -0.465 e. The molecule has 21 heavy (non-hydrogen) atoms. The van der Waals surface area contributed by atoms with Gasteiger partial charge in [0.2, 0.25) is 0 Å². The SMILES string of the molecule is COC(=O)c1ccc(CNc2cc(Br)ccc2Br)cc1F. The van der Waals surface area contributed by atoms with E-state index in [0.717, 1.165) is 20.2 Å². The lowest BCUT2D eigenvalue weighted by atomic mass is 10.1. The van der Waals surface area contributed by atoms with Crippen LogP contribution >= 0.6 is 31.9 Å². The van der Waals surface area contributed by atoms with Crippen molar-refractivity contribution in [2.75, 3.05) is 12.4 Å². The third kappa shape index (κ3) is 4.04. The molecule has 0 aliphatic heterocycles. The van der Waals surface area contributed by atoms with Gasteiger partial charge in [0.15, 0.2) is 0 Å². The van der Waals surface area contributed by atoms with E-state index in [1.807, 2.05) is 18.2 Å². The highest BCUT2D eigenvalue weighted by molar-refractivity contribution is 9.11. The van der Waals surface area contributed by atoms with E-state index >= 15 is 0 Å². The van der Waals surface area contributed by atoms with Crippen molar-refractivity contribution in [3.63, 3.8) is 0 Å². The van der Waals surface area contributed by atoms with Gasteiger partial charge in [0.1, 0.15) is 5.82 Å². The molecular formula is C15H12Br2FNO2. The summed E-state index contributed by atoms with van der Waals surface area (Å²) < 4.78 is 20.2. The number of nitrogens with one attached hydrogen (secondary N) is 1. The number of carbonyl (C=O) groups excluding carboxylic acids is 1. The summed E-state index contributed by atoms with van der Waals surface area (Å²) in [5, 5.41) is 3.20. The van der Waals surface area contributed by atoms with Gasteiger partial charge in [-0.2, -0.15) is 0 Å². The molecule has 1 N–H and O–H groups in total. The molecule has 0 radical (unpaired) electrons. The number of anilines is 1. The molecule has 3 nitrogen and oxygen atoms in total. The van der Waals surface area contributed by atoms with Gasteiger partial charge in [-0.25, -0.2) is 9.18 Å². The minimum absolute atomic E-state index is 0.0649. The number of benzene rings is 2. The highest BCUT2D eigenvalue weighted by Crippen LogP contribution is 2.26. The van der Waals surface area contributed by atoms with E-state index in [2.05, 4.69) is 41.9 Å². The third-order valence-electron chi connectivity index (χ3n) is 2.85. The molecule has 0 saturated carbocycles. The number of carbonyl (C=O) groups is 1. The summed E-state index contributed by atoms with van der Waals surface area (Å²) in [5.41, 5.74) is 1.55. The molecule has 0 heterocycles. The Kier molecular flexibility index (Phi) is 5.36. The second-order valence-corrected chi connectivity index (χ2v) is 6.05. The van der Waals surface area contributed by atoms with E-state index in [1.165, 1.54) is 19.2 Å². The second kappa shape index (κ2) is 7.04. The molecular weight excluding hydrogens is 405 g/mol. The normalized spacial score (nSPS) is 10.3. The van der Waals surface area contributed by atoms with Gasteiger partial charge in [-0.3, -0.25) is 0 Å². The molecule has 2 aromatic carbocycles. The fourth-order valence-electron chi connectivity index (χ4n) is 1.77. The van der Waals surface area contributed by atoms with Gasteiger partial charge in [0, 0.05) is 21.2 Å². The van der Waals surface area contributed by atoms with Crippen LogP contribution in [0.1, 0.15) is 15.9 Å². The Balaban J connectivity index is 2.12. The Bertz CT molecular complexity index is 677. The van der Waals surface area contributed by atoms with E-state index in [0.29, 0.717) is 6.54 Å². The largest absolute Gasteiger partial charge is 0.465 e. The van der Waals surface area contributed by atoms with Crippen LogP contribution in [0.3, 0.4) is 0 Å². The first-order chi connectivity index (χ1) is 10.0. The molecule has 110 valence electrons. The van der Waals surface area contributed by atoms with Gasteiger partial charge in [-0.05, 0) is 51.8 Å². The number of hydrogen-bond donors (Lipinski definition) is 1. The van der Waals surface area contributed by atoms with Crippen LogP contribution in [0.15, 0.2) is 45.3 Å². The molecule has 0 bridgehead atoms. The van der Waals surface area contributed by atoms with Crippen LogP contribution in [0.25, 0.3) is 0 Å². The molecule has 2 aromatic rings. The summed E-state index contributed by atoms with van der Waals surface area (Å²) in [4.78, 5) is 11.3. The van der Waals surface area contributed by atoms with Crippen molar-refractivity contribution in [2.45, 2.75) is 6.54 Å². The fraction of sp³-hybridized carbons (Fsp3) is 0.133. The molecule has 0 aromatic heterocycles. The predicted octanol–water partition coefficient (Wildman–Crippen LogP) is 4.75. The number of methoxy groups -OCH3 is 1. The van der Waals surface area contributed by atoms with Gasteiger partial charge < -0.3 is 10.1 Å². The van der Waals surface area contributed by atoms with Crippen LogP contribution in [0.4, 0.5) is 10.1 Å². The third-order valence-corrected chi connectivity index (χ3v) is 4.03. The Hall–Kier alpha value is -1.40. The Labute approximate surface area is 138 Å². The topological polar surface area (TPSA) is 38.3 Å². The summed E-state index contributed by atoms with van der Waals surface area (Å²) in [6.45, 7) is 0.438. The van der Waals surface area contributed by atoms with Crippen LogP contribution < -0.4 is 5.32 Å². The Morgan fingerprint density at radius 2 is 2.00 bits per heavy atom. The summed E-state index contributed by atoms with van der Waals surface area (Å²) in [6.07, 6.45) is 0. The summed E-state index contributed by atoms with van der Waals surface area (Å²) in [5.74, 6) is -1.27. The fourth-order valence-corrected chi connectivity index (χ4v) is 2.52. The molecule has 0 spiro atoms. The zero-order valence-corrected chi connectivity index (χ0v) is 14.3. The lowest BCUT2D eigenvalue weighted by molar-refractivity contribution is 0.0595. The average molecular weight is 417 g/mol. The first kappa shape index (κ1) is 16.0. The van der Waals surface area contributed by atoms with Crippen LogP contribution in [0, 0.1) is 5.82 Å².